The lowest BCUT2D eigenvalue weighted by Gasteiger charge is -2.13. The minimum Gasteiger partial charge on any atom is -0.354 e. The van der Waals surface area contributed by atoms with Crippen LogP contribution in [0.4, 0.5) is 0 Å². The molecular formula is C10H17N3OS. The fourth-order valence-electron chi connectivity index (χ4n) is 1.14. The Morgan fingerprint density at radius 2 is 2.47 bits per heavy atom. The van der Waals surface area contributed by atoms with Crippen LogP contribution in [0.25, 0.3) is 0 Å². The minimum absolute atomic E-state index is 0.0825. The van der Waals surface area contributed by atoms with Crippen molar-refractivity contribution in [2.75, 3.05) is 6.54 Å². The molecule has 0 saturated carbocycles. The lowest BCUT2D eigenvalue weighted by Crippen LogP contribution is -2.41. The van der Waals surface area contributed by atoms with Crippen LogP contribution in [0.5, 0.6) is 0 Å². The van der Waals surface area contributed by atoms with E-state index < -0.39 is 6.04 Å². The van der Waals surface area contributed by atoms with E-state index in [9.17, 15) is 4.79 Å². The van der Waals surface area contributed by atoms with E-state index in [0.717, 1.165) is 5.01 Å². The van der Waals surface area contributed by atoms with E-state index in [2.05, 4.69) is 10.3 Å². The molecule has 0 radical (unpaired) electrons. The number of nitrogens with zero attached hydrogens (tertiary/aromatic N) is 1. The highest BCUT2D eigenvalue weighted by Gasteiger charge is 2.13. The van der Waals surface area contributed by atoms with Gasteiger partial charge in [-0.3, -0.25) is 4.79 Å². The van der Waals surface area contributed by atoms with Gasteiger partial charge in [0, 0.05) is 24.0 Å². The van der Waals surface area contributed by atoms with Crippen LogP contribution < -0.4 is 11.1 Å². The van der Waals surface area contributed by atoms with Gasteiger partial charge in [-0.05, 0) is 6.42 Å². The van der Waals surface area contributed by atoms with Crippen LogP contribution in [-0.2, 0) is 4.79 Å². The summed E-state index contributed by atoms with van der Waals surface area (Å²) in [5.41, 5.74) is 5.60. The van der Waals surface area contributed by atoms with E-state index in [1.165, 1.54) is 0 Å². The van der Waals surface area contributed by atoms with Gasteiger partial charge in [-0.2, -0.15) is 0 Å². The van der Waals surface area contributed by atoms with Crippen molar-refractivity contribution >= 4 is 17.2 Å². The third-order valence-electron chi connectivity index (χ3n) is 2.23. The van der Waals surface area contributed by atoms with Gasteiger partial charge in [-0.25, -0.2) is 4.98 Å². The van der Waals surface area contributed by atoms with Gasteiger partial charge in [0.2, 0.25) is 5.91 Å². The van der Waals surface area contributed by atoms with Gasteiger partial charge in [0.15, 0.2) is 0 Å². The second kappa shape index (κ2) is 5.82. The predicted octanol–water partition coefficient (Wildman–Crippen LogP) is 1.10. The van der Waals surface area contributed by atoms with Crippen molar-refractivity contribution in [3.63, 3.8) is 0 Å². The molecule has 0 fully saturated rings. The SMILES string of the molecule is CCC(N)C(=O)NCC(C)c1nccs1. The highest BCUT2D eigenvalue weighted by molar-refractivity contribution is 7.09. The Morgan fingerprint density at radius 1 is 1.73 bits per heavy atom. The molecular weight excluding hydrogens is 210 g/mol. The fourth-order valence-corrected chi connectivity index (χ4v) is 1.83. The lowest BCUT2D eigenvalue weighted by molar-refractivity contribution is -0.122. The average molecular weight is 227 g/mol. The number of hydrogen-bond acceptors (Lipinski definition) is 4. The molecule has 15 heavy (non-hydrogen) atoms. The summed E-state index contributed by atoms with van der Waals surface area (Å²) < 4.78 is 0. The molecule has 1 heterocycles. The van der Waals surface area contributed by atoms with Gasteiger partial charge >= 0.3 is 0 Å². The van der Waals surface area contributed by atoms with Gasteiger partial charge < -0.3 is 11.1 Å². The molecule has 84 valence electrons. The molecule has 2 atom stereocenters. The summed E-state index contributed by atoms with van der Waals surface area (Å²) in [5.74, 6) is 0.166. The third kappa shape index (κ3) is 3.60. The van der Waals surface area contributed by atoms with Gasteiger partial charge in [0.05, 0.1) is 11.0 Å². The highest BCUT2D eigenvalue weighted by Crippen LogP contribution is 2.16. The zero-order valence-electron chi connectivity index (χ0n) is 9.06. The number of carbonyl (C=O) groups excluding carboxylic acids is 1. The average Bonchev–Trinajstić information content (AvgIpc) is 2.77. The summed E-state index contributed by atoms with van der Waals surface area (Å²) in [6.45, 7) is 4.53. The predicted molar refractivity (Wildman–Crippen MR) is 61.8 cm³/mol. The van der Waals surface area contributed by atoms with E-state index >= 15 is 0 Å². The molecule has 1 rings (SSSR count). The van der Waals surface area contributed by atoms with Crippen molar-refractivity contribution in [1.82, 2.24) is 10.3 Å². The molecule has 4 nitrogen and oxygen atoms in total. The zero-order valence-corrected chi connectivity index (χ0v) is 9.88. The van der Waals surface area contributed by atoms with Gasteiger partial charge in [-0.15, -0.1) is 11.3 Å². The number of amides is 1. The molecule has 0 bridgehead atoms. The van der Waals surface area contributed by atoms with Gasteiger partial charge in [0.25, 0.3) is 0 Å². The summed E-state index contributed by atoms with van der Waals surface area (Å²) in [7, 11) is 0. The van der Waals surface area contributed by atoms with Crippen molar-refractivity contribution in [2.24, 2.45) is 5.73 Å². The minimum atomic E-state index is -0.395. The number of rotatable bonds is 5. The van der Waals surface area contributed by atoms with Gasteiger partial charge in [-0.1, -0.05) is 13.8 Å². The molecule has 1 amide bonds. The quantitative estimate of drug-likeness (QED) is 0.791. The number of nitrogens with two attached hydrogens (primary N) is 1. The second-order valence-electron chi connectivity index (χ2n) is 3.53. The maximum atomic E-state index is 11.4. The number of thiazole rings is 1. The molecule has 0 saturated heterocycles. The maximum absolute atomic E-state index is 11.4. The number of hydrogen-bond donors (Lipinski definition) is 2. The smallest absolute Gasteiger partial charge is 0.236 e. The number of carbonyl (C=O) groups is 1. The van der Waals surface area contributed by atoms with E-state index in [4.69, 9.17) is 5.73 Å². The van der Waals surface area contributed by atoms with E-state index in [1.807, 2.05) is 19.2 Å². The van der Waals surface area contributed by atoms with Crippen LogP contribution in [0.3, 0.4) is 0 Å². The maximum Gasteiger partial charge on any atom is 0.236 e. The normalized spacial score (nSPS) is 14.6. The topological polar surface area (TPSA) is 68.0 Å². The Bertz CT molecular complexity index is 300. The summed E-state index contributed by atoms with van der Waals surface area (Å²) in [6.07, 6.45) is 2.44. The fraction of sp³-hybridized carbons (Fsp3) is 0.600. The molecule has 2 unspecified atom stereocenters. The molecule has 1 aromatic heterocycles. The molecule has 0 spiro atoms. The van der Waals surface area contributed by atoms with Gasteiger partial charge in [0.1, 0.15) is 0 Å². The van der Waals surface area contributed by atoms with E-state index in [-0.39, 0.29) is 11.8 Å². The zero-order chi connectivity index (χ0) is 11.3. The highest BCUT2D eigenvalue weighted by atomic mass is 32.1. The van der Waals surface area contributed by atoms with E-state index in [0.29, 0.717) is 13.0 Å². The first-order chi connectivity index (χ1) is 7.15. The van der Waals surface area contributed by atoms with Crippen molar-refractivity contribution in [3.8, 4) is 0 Å². The summed E-state index contributed by atoms with van der Waals surface area (Å²) in [6, 6.07) is -0.395. The second-order valence-corrected chi connectivity index (χ2v) is 4.46. The molecule has 0 aliphatic heterocycles. The van der Waals surface area contributed by atoms with Crippen molar-refractivity contribution in [1.29, 1.82) is 0 Å². The Morgan fingerprint density at radius 3 is 3.00 bits per heavy atom. The Labute approximate surface area is 93.9 Å². The summed E-state index contributed by atoms with van der Waals surface area (Å²) in [5, 5.41) is 5.80. The Balaban J connectivity index is 2.34. The monoisotopic (exact) mass is 227 g/mol. The van der Waals surface area contributed by atoms with Crippen LogP contribution in [0, 0.1) is 0 Å². The first-order valence-electron chi connectivity index (χ1n) is 5.07. The molecule has 3 N–H and O–H groups in total. The van der Waals surface area contributed by atoms with Crippen LogP contribution in [0.15, 0.2) is 11.6 Å². The van der Waals surface area contributed by atoms with Crippen molar-refractivity contribution < 1.29 is 4.79 Å². The third-order valence-corrected chi connectivity index (χ3v) is 3.24. The number of nitrogens with one attached hydrogen (secondary N) is 1. The van der Waals surface area contributed by atoms with Crippen LogP contribution in [0.2, 0.25) is 0 Å². The van der Waals surface area contributed by atoms with E-state index in [1.54, 1.807) is 17.5 Å². The molecule has 5 heteroatoms. The molecule has 0 aliphatic rings. The summed E-state index contributed by atoms with van der Waals surface area (Å²) >= 11 is 1.60. The van der Waals surface area contributed by atoms with Crippen LogP contribution in [0.1, 0.15) is 31.2 Å². The largest absolute Gasteiger partial charge is 0.354 e. The summed E-state index contributed by atoms with van der Waals surface area (Å²) in [4.78, 5) is 15.6. The first kappa shape index (κ1) is 12.1. The standard InChI is InChI=1S/C10H17N3OS/c1-3-8(11)9(14)13-6-7(2)10-12-4-5-15-10/h4-5,7-8H,3,6,11H2,1-2H3,(H,13,14). The molecule has 0 aromatic carbocycles. The first-order valence-corrected chi connectivity index (χ1v) is 5.95. The molecule has 0 aliphatic carbocycles. The Kier molecular flexibility index (Phi) is 4.71. The van der Waals surface area contributed by atoms with Crippen molar-refractivity contribution in [2.45, 2.75) is 32.2 Å². The Hall–Kier alpha value is -0.940. The van der Waals surface area contributed by atoms with Crippen molar-refractivity contribution in [3.05, 3.63) is 16.6 Å². The van der Waals surface area contributed by atoms with Crippen LogP contribution >= 0.6 is 11.3 Å². The lowest BCUT2D eigenvalue weighted by atomic mass is 10.2. The molecule has 1 aromatic rings. The van der Waals surface area contributed by atoms with Crippen LogP contribution in [-0.4, -0.2) is 23.5 Å². The number of aromatic nitrogens is 1.